The third-order valence-electron chi connectivity index (χ3n) is 4.54. The van der Waals surface area contributed by atoms with Gasteiger partial charge < -0.3 is 15.3 Å². The summed E-state index contributed by atoms with van der Waals surface area (Å²) in [5, 5.41) is 12.4. The van der Waals surface area contributed by atoms with E-state index in [1.54, 1.807) is 6.92 Å². The summed E-state index contributed by atoms with van der Waals surface area (Å²) in [6, 6.07) is 0.241. The molecule has 2 rings (SSSR count). The summed E-state index contributed by atoms with van der Waals surface area (Å²) >= 11 is 0. The molecule has 102 valence electrons. The zero-order chi connectivity index (χ0) is 13.3. The molecular formula is C13H22N2O3. The fraction of sp³-hybridized carbons (Fsp3) is 0.846. The summed E-state index contributed by atoms with van der Waals surface area (Å²) in [6.07, 6.45) is 2.01. The van der Waals surface area contributed by atoms with Gasteiger partial charge in [0, 0.05) is 19.1 Å². The Balaban J connectivity index is 1.93. The quantitative estimate of drug-likeness (QED) is 0.761. The van der Waals surface area contributed by atoms with Gasteiger partial charge in [-0.1, -0.05) is 0 Å². The van der Waals surface area contributed by atoms with E-state index in [-0.39, 0.29) is 17.9 Å². The molecule has 2 unspecified atom stereocenters. The van der Waals surface area contributed by atoms with Gasteiger partial charge >= 0.3 is 5.97 Å². The maximum Gasteiger partial charge on any atom is 0.309 e. The lowest BCUT2D eigenvalue weighted by atomic mass is 9.80. The Hall–Kier alpha value is -1.10. The summed E-state index contributed by atoms with van der Waals surface area (Å²) in [7, 11) is 0. The van der Waals surface area contributed by atoms with Crippen molar-refractivity contribution in [3.8, 4) is 0 Å². The first-order chi connectivity index (χ1) is 8.44. The molecule has 2 heterocycles. The largest absolute Gasteiger partial charge is 0.481 e. The molecule has 5 nitrogen and oxygen atoms in total. The summed E-state index contributed by atoms with van der Waals surface area (Å²) in [5.74, 6) is -0.482. The first-order valence-electron chi connectivity index (χ1n) is 6.69. The number of nitrogens with one attached hydrogen (secondary N) is 1. The molecule has 2 atom stereocenters. The third kappa shape index (κ3) is 2.36. The molecule has 2 N–H and O–H groups in total. The van der Waals surface area contributed by atoms with Gasteiger partial charge in [0.1, 0.15) is 0 Å². The maximum absolute atomic E-state index is 12.3. The van der Waals surface area contributed by atoms with Crippen molar-refractivity contribution >= 4 is 11.9 Å². The van der Waals surface area contributed by atoms with E-state index in [0.717, 1.165) is 13.0 Å². The van der Waals surface area contributed by atoms with Crippen LogP contribution in [-0.4, -0.2) is 47.6 Å². The van der Waals surface area contributed by atoms with E-state index in [2.05, 4.69) is 5.32 Å². The minimum atomic E-state index is -0.745. The van der Waals surface area contributed by atoms with Gasteiger partial charge in [-0.05, 0) is 39.7 Å². The first-order valence-corrected chi connectivity index (χ1v) is 6.69. The fourth-order valence-electron chi connectivity index (χ4n) is 2.87. The van der Waals surface area contributed by atoms with E-state index < -0.39 is 11.4 Å². The van der Waals surface area contributed by atoms with Crippen molar-refractivity contribution in [1.29, 1.82) is 0 Å². The average molecular weight is 254 g/mol. The Labute approximate surface area is 108 Å². The van der Waals surface area contributed by atoms with Crippen molar-refractivity contribution in [2.45, 2.75) is 39.2 Å². The summed E-state index contributed by atoms with van der Waals surface area (Å²) < 4.78 is 0. The van der Waals surface area contributed by atoms with Gasteiger partial charge in [0.15, 0.2) is 0 Å². The van der Waals surface area contributed by atoms with E-state index in [9.17, 15) is 9.59 Å². The van der Waals surface area contributed by atoms with Crippen molar-refractivity contribution in [2.75, 3.05) is 19.6 Å². The highest BCUT2D eigenvalue weighted by atomic mass is 16.4. The Morgan fingerprint density at radius 2 is 1.94 bits per heavy atom. The molecule has 2 aliphatic rings. The Bertz CT molecular complexity index is 348. The lowest BCUT2D eigenvalue weighted by Gasteiger charge is -2.37. The van der Waals surface area contributed by atoms with Crippen LogP contribution in [0.15, 0.2) is 0 Å². The van der Waals surface area contributed by atoms with Crippen LogP contribution in [0.5, 0.6) is 0 Å². The lowest BCUT2D eigenvalue weighted by Crippen LogP contribution is -2.48. The number of carbonyl (C=O) groups excluding carboxylic acids is 1. The average Bonchev–Trinajstić information content (AvgIpc) is 2.75. The van der Waals surface area contributed by atoms with E-state index in [1.807, 2.05) is 11.8 Å². The second-order valence-electron chi connectivity index (χ2n) is 5.83. The standard InChI is InChI=1S/C13H22N2O3/c1-9-10(3-6-14-9)11(16)15-7-4-13(2,5-8-15)12(17)18/h9-10,14H,3-8H2,1-2H3,(H,17,18). The Kier molecular flexibility index (Phi) is 3.61. The first kappa shape index (κ1) is 13.3. The van der Waals surface area contributed by atoms with Gasteiger partial charge in [-0.2, -0.15) is 0 Å². The van der Waals surface area contributed by atoms with Crippen molar-refractivity contribution in [3.63, 3.8) is 0 Å². The third-order valence-corrected chi connectivity index (χ3v) is 4.54. The number of carboxylic acid groups (broad SMARTS) is 1. The topological polar surface area (TPSA) is 69.6 Å². The van der Waals surface area contributed by atoms with E-state index in [0.29, 0.717) is 25.9 Å². The minimum absolute atomic E-state index is 0.0687. The number of carbonyl (C=O) groups is 2. The van der Waals surface area contributed by atoms with Crippen LogP contribution in [0.1, 0.15) is 33.1 Å². The number of hydrogen-bond acceptors (Lipinski definition) is 3. The number of rotatable bonds is 2. The predicted octanol–water partition coefficient (Wildman–Crippen LogP) is 0.698. The molecule has 1 amide bonds. The summed E-state index contributed by atoms with van der Waals surface area (Å²) in [5.41, 5.74) is -0.656. The minimum Gasteiger partial charge on any atom is -0.481 e. The number of aliphatic carboxylic acids is 1. The van der Waals surface area contributed by atoms with Crippen LogP contribution in [0.25, 0.3) is 0 Å². The number of nitrogens with zero attached hydrogens (tertiary/aromatic N) is 1. The second-order valence-corrected chi connectivity index (χ2v) is 5.83. The van der Waals surface area contributed by atoms with Crippen LogP contribution in [0.2, 0.25) is 0 Å². The monoisotopic (exact) mass is 254 g/mol. The molecule has 0 aromatic carbocycles. The zero-order valence-corrected chi connectivity index (χ0v) is 11.1. The number of amides is 1. The van der Waals surface area contributed by atoms with Crippen LogP contribution < -0.4 is 5.32 Å². The molecule has 0 saturated carbocycles. The molecule has 0 radical (unpaired) electrons. The second kappa shape index (κ2) is 4.88. The molecule has 0 aromatic heterocycles. The molecule has 0 aliphatic carbocycles. The normalized spacial score (nSPS) is 31.3. The summed E-state index contributed by atoms with van der Waals surface area (Å²) in [4.78, 5) is 25.3. The highest BCUT2D eigenvalue weighted by Crippen LogP contribution is 2.32. The molecule has 2 aliphatic heterocycles. The number of piperidine rings is 1. The van der Waals surface area contributed by atoms with Crippen molar-refractivity contribution in [2.24, 2.45) is 11.3 Å². The molecule has 2 saturated heterocycles. The van der Waals surface area contributed by atoms with Crippen LogP contribution in [0, 0.1) is 11.3 Å². The van der Waals surface area contributed by atoms with Crippen molar-refractivity contribution in [1.82, 2.24) is 10.2 Å². The lowest BCUT2D eigenvalue weighted by molar-refractivity contribution is -0.153. The SMILES string of the molecule is CC1NCCC1C(=O)N1CCC(C)(C(=O)O)CC1. The zero-order valence-electron chi connectivity index (χ0n) is 11.1. The van der Waals surface area contributed by atoms with Crippen LogP contribution in [0.3, 0.4) is 0 Å². The van der Waals surface area contributed by atoms with Crippen LogP contribution in [-0.2, 0) is 9.59 Å². The molecule has 0 spiro atoms. The summed E-state index contributed by atoms with van der Waals surface area (Å²) in [6.45, 7) is 5.87. The molecule has 2 fully saturated rings. The van der Waals surface area contributed by atoms with Crippen LogP contribution >= 0.6 is 0 Å². The predicted molar refractivity (Wildman–Crippen MR) is 67.1 cm³/mol. The number of hydrogen-bond donors (Lipinski definition) is 2. The number of likely N-dealkylation sites (tertiary alicyclic amines) is 1. The molecule has 5 heteroatoms. The highest BCUT2D eigenvalue weighted by Gasteiger charge is 2.40. The molecule has 0 aromatic rings. The number of carboxylic acids is 1. The molecule has 0 bridgehead atoms. The van der Waals surface area contributed by atoms with Gasteiger partial charge in [-0.25, -0.2) is 0 Å². The van der Waals surface area contributed by atoms with Gasteiger partial charge in [0.25, 0.3) is 0 Å². The smallest absolute Gasteiger partial charge is 0.309 e. The van der Waals surface area contributed by atoms with Gasteiger partial charge in [0.05, 0.1) is 11.3 Å². The van der Waals surface area contributed by atoms with Crippen molar-refractivity contribution in [3.05, 3.63) is 0 Å². The van der Waals surface area contributed by atoms with E-state index in [4.69, 9.17) is 5.11 Å². The van der Waals surface area contributed by atoms with Gasteiger partial charge in [-0.15, -0.1) is 0 Å². The Morgan fingerprint density at radius 3 is 2.39 bits per heavy atom. The fourth-order valence-corrected chi connectivity index (χ4v) is 2.87. The molecule has 18 heavy (non-hydrogen) atoms. The van der Waals surface area contributed by atoms with Gasteiger partial charge in [-0.3, -0.25) is 9.59 Å². The highest BCUT2D eigenvalue weighted by molar-refractivity contribution is 5.81. The van der Waals surface area contributed by atoms with Crippen molar-refractivity contribution < 1.29 is 14.7 Å². The van der Waals surface area contributed by atoms with E-state index in [1.165, 1.54) is 0 Å². The molecular weight excluding hydrogens is 232 g/mol. The van der Waals surface area contributed by atoms with E-state index >= 15 is 0 Å². The van der Waals surface area contributed by atoms with Crippen LogP contribution in [0.4, 0.5) is 0 Å². The van der Waals surface area contributed by atoms with Gasteiger partial charge in [0.2, 0.25) is 5.91 Å². The Morgan fingerprint density at radius 1 is 1.33 bits per heavy atom. The maximum atomic E-state index is 12.3.